The summed E-state index contributed by atoms with van der Waals surface area (Å²) in [5.74, 6) is -0.178. The van der Waals surface area contributed by atoms with Crippen molar-refractivity contribution in [3.63, 3.8) is 0 Å². The Labute approximate surface area is 141 Å². The number of aromatic nitrogens is 1. The molecule has 1 aromatic carbocycles. The minimum atomic E-state index is -0.137. The number of amides is 2. The van der Waals surface area contributed by atoms with Crippen LogP contribution >= 0.6 is 0 Å². The first-order valence-electron chi connectivity index (χ1n) is 8.19. The number of likely N-dealkylation sites (tertiary alicyclic amines) is 1. The van der Waals surface area contributed by atoms with Crippen molar-refractivity contribution in [1.82, 2.24) is 14.8 Å². The van der Waals surface area contributed by atoms with Crippen LogP contribution in [0.4, 0.5) is 0 Å². The summed E-state index contributed by atoms with van der Waals surface area (Å²) in [6.07, 6.45) is 5.13. The highest BCUT2D eigenvalue weighted by atomic mass is 16.2. The summed E-state index contributed by atoms with van der Waals surface area (Å²) in [6.45, 7) is 2.08. The molecule has 0 spiro atoms. The lowest BCUT2D eigenvalue weighted by atomic mass is 10.1. The molecule has 5 nitrogen and oxygen atoms in total. The van der Waals surface area contributed by atoms with Crippen LogP contribution in [0.25, 0.3) is 0 Å². The molecule has 0 unspecified atom stereocenters. The van der Waals surface area contributed by atoms with Gasteiger partial charge in [-0.25, -0.2) is 0 Å². The summed E-state index contributed by atoms with van der Waals surface area (Å²) in [4.78, 5) is 32.6. The highest BCUT2D eigenvalue weighted by Gasteiger charge is 2.21. The Morgan fingerprint density at radius 3 is 2.46 bits per heavy atom. The zero-order valence-corrected chi connectivity index (χ0v) is 13.8. The molecule has 124 valence electrons. The van der Waals surface area contributed by atoms with Gasteiger partial charge in [0.15, 0.2) is 0 Å². The van der Waals surface area contributed by atoms with E-state index in [-0.39, 0.29) is 11.8 Å². The van der Waals surface area contributed by atoms with Gasteiger partial charge in [-0.2, -0.15) is 0 Å². The van der Waals surface area contributed by atoms with E-state index in [1.54, 1.807) is 18.0 Å². The standard InChI is InChI=1S/C19H21N3O2/c1-21(14-15-7-3-2-4-8-15)18(23)16-11-17(13-20-12-16)19(24)22-9-5-6-10-22/h2-4,7-8,11-13H,5-6,9-10,14H2,1H3. The van der Waals surface area contributed by atoms with Crippen LogP contribution in [0.1, 0.15) is 39.1 Å². The monoisotopic (exact) mass is 323 g/mol. The second-order valence-corrected chi connectivity index (χ2v) is 6.11. The molecular weight excluding hydrogens is 302 g/mol. The summed E-state index contributed by atoms with van der Waals surface area (Å²) >= 11 is 0. The highest BCUT2D eigenvalue weighted by Crippen LogP contribution is 2.14. The van der Waals surface area contributed by atoms with Crippen molar-refractivity contribution in [1.29, 1.82) is 0 Å². The normalized spacial score (nSPS) is 13.8. The maximum absolute atomic E-state index is 12.6. The molecule has 5 heteroatoms. The van der Waals surface area contributed by atoms with Gasteiger partial charge in [0.2, 0.25) is 0 Å². The molecular formula is C19H21N3O2. The van der Waals surface area contributed by atoms with E-state index in [0.717, 1.165) is 31.5 Å². The number of nitrogens with zero attached hydrogens (tertiary/aromatic N) is 3. The SMILES string of the molecule is CN(Cc1ccccc1)C(=O)c1cncc(C(=O)N2CCCC2)c1. The van der Waals surface area contributed by atoms with Gasteiger partial charge in [-0.15, -0.1) is 0 Å². The van der Waals surface area contributed by atoms with Crippen molar-refractivity contribution in [2.24, 2.45) is 0 Å². The topological polar surface area (TPSA) is 53.5 Å². The first-order chi connectivity index (χ1) is 11.6. The van der Waals surface area contributed by atoms with Gasteiger partial charge in [0.1, 0.15) is 0 Å². The van der Waals surface area contributed by atoms with Crippen LogP contribution in [0.2, 0.25) is 0 Å². The van der Waals surface area contributed by atoms with Gasteiger partial charge in [-0.1, -0.05) is 30.3 Å². The Morgan fingerprint density at radius 2 is 1.75 bits per heavy atom. The average molecular weight is 323 g/mol. The Morgan fingerprint density at radius 1 is 1.08 bits per heavy atom. The molecule has 1 aliphatic heterocycles. The number of hydrogen-bond acceptors (Lipinski definition) is 3. The largest absolute Gasteiger partial charge is 0.339 e. The molecule has 1 saturated heterocycles. The van der Waals surface area contributed by atoms with Gasteiger partial charge in [-0.05, 0) is 24.5 Å². The zero-order valence-electron chi connectivity index (χ0n) is 13.8. The molecule has 1 aromatic heterocycles. The highest BCUT2D eigenvalue weighted by molar-refractivity contribution is 5.99. The van der Waals surface area contributed by atoms with Crippen molar-refractivity contribution in [3.05, 3.63) is 65.5 Å². The summed E-state index contributed by atoms with van der Waals surface area (Å²) in [5.41, 5.74) is 1.99. The van der Waals surface area contributed by atoms with Crippen LogP contribution in [0.5, 0.6) is 0 Å². The average Bonchev–Trinajstić information content (AvgIpc) is 3.16. The van der Waals surface area contributed by atoms with E-state index in [9.17, 15) is 9.59 Å². The first-order valence-corrected chi connectivity index (χ1v) is 8.19. The predicted octanol–water partition coefficient (Wildman–Crippen LogP) is 2.59. The smallest absolute Gasteiger partial charge is 0.255 e. The van der Waals surface area contributed by atoms with E-state index in [1.165, 1.54) is 12.4 Å². The second kappa shape index (κ2) is 7.25. The van der Waals surface area contributed by atoms with Gasteiger partial charge in [0.05, 0.1) is 11.1 Å². The predicted molar refractivity (Wildman–Crippen MR) is 91.6 cm³/mol. The van der Waals surface area contributed by atoms with Gasteiger partial charge >= 0.3 is 0 Å². The quantitative estimate of drug-likeness (QED) is 0.869. The van der Waals surface area contributed by atoms with E-state index >= 15 is 0 Å². The lowest BCUT2D eigenvalue weighted by molar-refractivity contribution is 0.0784. The summed E-state index contributed by atoms with van der Waals surface area (Å²) < 4.78 is 0. The van der Waals surface area contributed by atoms with Crippen molar-refractivity contribution in [2.45, 2.75) is 19.4 Å². The van der Waals surface area contributed by atoms with Crippen LogP contribution < -0.4 is 0 Å². The molecule has 0 radical (unpaired) electrons. The molecule has 0 bridgehead atoms. The molecule has 24 heavy (non-hydrogen) atoms. The van der Waals surface area contributed by atoms with E-state index < -0.39 is 0 Å². The fourth-order valence-electron chi connectivity index (χ4n) is 2.93. The zero-order chi connectivity index (χ0) is 16.9. The maximum Gasteiger partial charge on any atom is 0.255 e. The maximum atomic E-state index is 12.6. The molecule has 0 atom stereocenters. The molecule has 0 saturated carbocycles. The van der Waals surface area contributed by atoms with Crippen molar-refractivity contribution < 1.29 is 9.59 Å². The molecule has 1 aliphatic rings. The lowest BCUT2D eigenvalue weighted by Crippen LogP contribution is -2.29. The minimum Gasteiger partial charge on any atom is -0.339 e. The van der Waals surface area contributed by atoms with Crippen LogP contribution in [0.3, 0.4) is 0 Å². The Bertz CT molecular complexity index is 724. The Kier molecular flexibility index (Phi) is 4.89. The van der Waals surface area contributed by atoms with E-state index in [4.69, 9.17) is 0 Å². The van der Waals surface area contributed by atoms with Crippen LogP contribution in [0, 0.1) is 0 Å². The second-order valence-electron chi connectivity index (χ2n) is 6.11. The number of carbonyl (C=O) groups excluding carboxylic acids is 2. The third-order valence-electron chi connectivity index (χ3n) is 4.23. The van der Waals surface area contributed by atoms with Crippen LogP contribution in [-0.2, 0) is 6.54 Å². The number of benzene rings is 1. The molecule has 0 N–H and O–H groups in total. The Balaban J connectivity index is 1.72. The van der Waals surface area contributed by atoms with Crippen LogP contribution in [0.15, 0.2) is 48.8 Å². The van der Waals surface area contributed by atoms with Crippen molar-refractivity contribution in [2.75, 3.05) is 20.1 Å². The molecule has 0 aliphatic carbocycles. The molecule has 2 heterocycles. The van der Waals surface area contributed by atoms with Gasteiger partial charge in [-0.3, -0.25) is 14.6 Å². The van der Waals surface area contributed by atoms with Crippen molar-refractivity contribution >= 4 is 11.8 Å². The molecule has 2 aromatic rings. The van der Waals surface area contributed by atoms with Crippen LogP contribution in [-0.4, -0.2) is 46.7 Å². The molecule has 1 fully saturated rings. The van der Waals surface area contributed by atoms with Gasteiger partial charge in [0.25, 0.3) is 11.8 Å². The summed E-state index contributed by atoms with van der Waals surface area (Å²) in [6, 6.07) is 11.5. The van der Waals surface area contributed by atoms with E-state index in [0.29, 0.717) is 17.7 Å². The minimum absolute atomic E-state index is 0.0413. The molecule has 2 amide bonds. The van der Waals surface area contributed by atoms with E-state index in [2.05, 4.69) is 4.98 Å². The fraction of sp³-hybridized carbons (Fsp3) is 0.316. The number of pyridine rings is 1. The summed E-state index contributed by atoms with van der Waals surface area (Å²) in [5, 5.41) is 0. The third-order valence-corrected chi connectivity index (χ3v) is 4.23. The van der Waals surface area contributed by atoms with Gasteiger partial charge < -0.3 is 9.80 Å². The fourth-order valence-corrected chi connectivity index (χ4v) is 2.93. The first kappa shape index (κ1) is 16.2. The lowest BCUT2D eigenvalue weighted by Gasteiger charge is -2.18. The molecule has 3 rings (SSSR count). The summed E-state index contributed by atoms with van der Waals surface area (Å²) in [7, 11) is 1.75. The number of rotatable bonds is 4. The number of hydrogen-bond donors (Lipinski definition) is 0. The van der Waals surface area contributed by atoms with Gasteiger partial charge in [0, 0.05) is 39.1 Å². The number of carbonyl (C=O) groups is 2. The van der Waals surface area contributed by atoms with E-state index in [1.807, 2.05) is 35.2 Å². The van der Waals surface area contributed by atoms with Crippen molar-refractivity contribution in [3.8, 4) is 0 Å². The third kappa shape index (κ3) is 3.62. The Hall–Kier alpha value is -2.69.